The monoisotopic (exact) mass is 293 g/mol. The maximum atomic E-state index is 12.4. The summed E-state index contributed by atoms with van der Waals surface area (Å²) in [5, 5.41) is 0. The lowest BCUT2D eigenvalue weighted by atomic mass is 9.92. The second-order valence-corrected chi connectivity index (χ2v) is 7.49. The fourth-order valence-electron chi connectivity index (χ4n) is 3.15. The van der Waals surface area contributed by atoms with Crippen LogP contribution in [0, 0.1) is 11.8 Å². The minimum atomic E-state index is -0.466. The summed E-state index contributed by atoms with van der Waals surface area (Å²) in [6.07, 6.45) is 4.28. The summed E-state index contributed by atoms with van der Waals surface area (Å²) in [4.78, 5) is 25.6. The molecule has 1 saturated carbocycles. The SMILES string of the molecule is CC(=O)/C=C1\CCN(C(=O)OC(C)(C)C)C([C@H]2CC2C)C1. The molecule has 0 radical (unpaired) electrons. The van der Waals surface area contributed by atoms with Crippen LogP contribution < -0.4 is 0 Å². The summed E-state index contributed by atoms with van der Waals surface area (Å²) >= 11 is 0. The molecule has 2 aliphatic rings. The molecule has 4 nitrogen and oxygen atoms in total. The van der Waals surface area contributed by atoms with Crippen molar-refractivity contribution in [2.75, 3.05) is 6.54 Å². The maximum Gasteiger partial charge on any atom is 0.410 e. The first-order valence-corrected chi connectivity index (χ1v) is 7.87. The molecule has 1 amide bonds. The number of allylic oxidation sites excluding steroid dienone is 1. The Morgan fingerprint density at radius 2 is 1.95 bits per heavy atom. The minimum absolute atomic E-state index is 0.0957. The van der Waals surface area contributed by atoms with Gasteiger partial charge in [0.05, 0.1) is 0 Å². The molecule has 0 spiro atoms. The molecule has 0 aromatic heterocycles. The molecule has 1 aliphatic carbocycles. The van der Waals surface area contributed by atoms with Crippen LogP contribution >= 0.6 is 0 Å². The lowest BCUT2D eigenvalue weighted by Crippen LogP contribution is -2.48. The smallest absolute Gasteiger partial charge is 0.410 e. The Kier molecular flexibility index (Phi) is 4.45. The van der Waals surface area contributed by atoms with Crippen molar-refractivity contribution in [1.29, 1.82) is 0 Å². The first-order chi connectivity index (χ1) is 9.67. The van der Waals surface area contributed by atoms with E-state index in [1.54, 1.807) is 13.0 Å². The van der Waals surface area contributed by atoms with Crippen LogP contribution in [0.1, 0.15) is 53.9 Å². The van der Waals surface area contributed by atoms with E-state index in [9.17, 15) is 9.59 Å². The van der Waals surface area contributed by atoms with Crippen LogP contribution in [0.5, 0.6) is 0 Å². The van der Waals surface area contributed by atoms with E-state index in [0.29, 0.717) is 18.4 Å². The van der Waals surface area contributed by atoms with Crippen LogP contribution in [-0.4, -0.2) is 35.0 Å². The highest BCUT2D eigenvalue weighted by atomic mass is 16.6. The maximum absolute atomic E-state index is 12.4. The van der Waals surface area contributed by atoms with Gasteiger partial charge in [0.1, 0.15) is 5.60 Å². The van der Waals surface area contributed by atoms with Gasteiger partial charge in [-0.2, -0.15) is 0 Å². The van der Waals surface area contributed by atoms with Gasteiger partial charge in [-0.25, -0.2) is 4.79 Å². The molecule has 0 aromatic rings. The van der Waals surface area contributed by atoms with Crippen molar-refractivity contribution in [2.24, 2.45) is 11.8 Å². The number of hydrogen-bond donors (Lipinski definition) is 0. The molecule has 118 valence electrons. The van der Waals surface area contributed by atoms with Crippen molar-refractivity contribution < 1.29 is 14.3 Å². The Hall–Kier alpha value is -1.32. The van der Waals surface area contributed by atoms with E-state index in [4.69, 9.17) is 4.74 Å². The van der Waals surface area contributed by atoms with E-state index in [1.807, 2.05) is 25.7 Å². The number of likely N-dealkylation sites (tertiary alicyclic amines) is 1. The molecular formula is C17H27NO3. The number of carbonyl (C=O) groups is 2. The zero-order valence-electron chi connectivity index (χ0n) is 13.8. The van der Waals surface area contributed by atoms with E-state index >= 15 is 0 Å². The van der Waals surface area contributed by atoms with E-state index in [1.165, 1.54) is 5.57 Å². The zero-order chi connectivity index (χ0) is 15.8. The number of hydrogen-bond acceptors (Lipinski definition) is 3. The van der Waals surface area contributed by atoms with Crippen molar-refractivity contribution in [1.82, 2.24) is 4.90 Å². The Labute approximate surface area is 127 Å². The van der Waals surface area contributed by atoms with Gasteiger partial charge in [0.15, 0.2) is 5.78 Å². The van der Waals surface area contributed by atoms with E-state index in [0.717, 1.165) is 19.3 Å². The van der Waals surface area contributed by atoms with Crippen molar-refractivity contribution in [3.05, 3.63) is 11.6 Å². The number of amides is 1. The van der Waals surface area contributed by atoms with Crippen LogP contribution in [0.3, 0.4) is 0 Å². The molecule has 0 aromatic carbocycles. The average Bonchev–Trinajstić information content (AvgIpc) is 3.03. The summed E-state index contributed by atoms with van der Waals surface area (Å²) in [6.45, 7) is 10.1. The summed E-state index contributed by atoms with van der Waals surface area (Å²) in [6, 6.07) is 0.189. The molecule has 4 heteroatoms. The normalized spacial score (nSPS) is 31.2. The van der Waals surface area contributed by atoms with Crippen LogP contribution in [0.2, 0.25) is 0 Å². The number of nitrogens with zero attached hydrogens (tertiary/aromatic N) is 1. The van der Waals surface area contributed by atoms with Crippen molar-refractivity contribution >= 4 is 11.9 Å². The topological polar surface area (TPSA) is 46.6 Å². The fourth-order valence-corrected chi connectivity index (χ4v) is 3.15. The van der Waals surface area contributed by atoms with Crippen molar-refractivity contribution in [2.45, 2.75) is 65.5 Å². The second-order valence-electron chi connectivity index (χ2n) is 7.49. The summed E-state index contributed by atoms with van der Waals surface area (Å²) in [5.74, 6) is 1.31. The summed E-state index contributed by atoms with van der Waals surface area (Å²) in [5.41, 5.74) is 0.707. The van der Waals surface area contributed by atoms with E-state index in [-0.39, 0.29) is 17.9 Å². The molecule has 1 aliphatic heterocycles. The molecule has 2 fully saturated rings. The van der Waals surface area contributed by atoms with Crippen LogP contribution in [0.15, 0.2) is 11.6 Å². The van der Waals surface area contributed by atoms with Gasteiger partial charge in [-0.1, -0.05) is 12.5 Å². The van der Waals surface area contributed by atoms with Gasteiger partial charge in [0, 0.05) is 12.6 Å². The fraction of sp³-hybridized carbons (Fsp3) is 0.765. The van der Waals surface area contributed by atoms with Crippen molar-refractivity contribution in [3.63, 3.8) is 0 Å². The van der Waals surface area contributed by atoms with Crippen LogP contribution in [0.4, 0.5) is 4.79 Å². The third-order valence-corrected chi connectivity index (χ3v) is 4.25. The largest absolute Gasteiger partial charge is 0.444 e. The lowest BCUT2D eigenvalue weighted by Gasteiger charge is -2.38. The Morgan fingerprint density at radius 3 is 2.43 bits per heavy atom. The highest BCUT2D eigenvalue weighted by molar-refractivity contribution is 5.88. The Balaban J connectivity index is 2.10. The van der Waals surface area contributed by atoms with Crippen LogP contribution in [0.25, 0.3) is 0 Å². The lowest BCUT2D eigenvalue weighted by molar-refractivity contribution is -0.112. The quantitative estimate of drug-likeness (QED) is 0.731. The molecule has 3 atom stereocenters. The number of piperidine rings is 1. The molecular weight excluding hydrogens is 266 g/mol. The Bertz CT molecular complexity index is 461. The third-order valence-electron chi connectivity index (χ3n) is 4.25. The average molecular weight is 293 g/mol. The molecule has 1 saturated heterocycles. The first-order valence-electron chi connectivity index (χ1n) is 7.87. The number of ether oxygens (including phenoxy) is 1. The number of ketones is 1. The van der Waals surface area contributed by atoms with Gasteiger partial charge in [-0.3, -0.25) is 4.79 Å². The highest BCUT2D eigenvalue weighted by Gasteiger charge is 2.46. The predicted octanol–water partition coefficient (Wildman–Crippen LogP) is 3.56. The van der Waals surface area contributed by atoms with Gasteiger partial charge in [0.2, 0.25) is 0 Å². The molecule has 0 N–H and O–H groups in total. The summed E-state index contributed by atoms with van der Waals surface area (Å²) in [7, 11) is 0. The highest BCUT2D eigenvalue weighted by Crippen LogP contribution is 2.46. The number of rotatable bonds is 2. The second kappa shape index (κ2) is 5.82. The van der Waals surface area contributed by atoms with Gasteiger partial charge in [-0.15, -0.1) is 0 Å². The molecule has 21 heavy (non-hydrogen) atoms. The van der Waals surface area contributed by atoms with E-state index in [2.05, 4.69) is 6.92 Å². The van der Waals surface area contributed by atoms with Gasteiger partial charge in [-0.05, 0) is 64.9 Å². The molecule has 2 rings (SSSR count). The summed E-state index contributed by atoms with van der Waals surface area (Å²) < 4.78 is 5.54. The van der Waals surface area contributed by atoms with Gasteiger partial charge in [0.25, 0.3) is 0 Å². The van der Waals surface area contributed by atoms with Crippen LogP contribution in [-0.2, 0) is 9.53 Å². The molecule has 2 unspecified atom stereocenters. The Morgan fingerprint density at radius 1 is 1.33 bits per heavy atom. The standard InChI is InChI=1S/C17H27NO3/c1-11-8-14(11)15-10-13(9-12(2)19)6-7-18(15)16(20)21-17(3,4)5/h9,11,14-15H,6-8,10H2,1-5H3/b13-9+/t11?,14-,15?/m0/s1. The molecule has 0 bridgehead atoms. The number of carbonyl (C=O) groups excluding carboxylic acids is 2. The third kappa shape index (κ3) is 4.32. The van der Waals surface area contributed by atoms with E-state index < -0.39 is 5.60 Å². The van der Waals surface area contributed by atoms with Gasteiger partial charge >= 0.3 is 6.09 Å². The zero-order valence-corrected chi connectivity index (χ0v) is 13.8. The minimum Gasteiger partial charge on any atom is -0.444 e. The van der Waals surface area contributed by atoms with Crippen molar-refractivity contribution in [3.8, 4) is 0 Å². The molecule has 1 heterocycles. The first kappa shape index (κ1) is 16.1. The predicted molar refractivity (Wildman–Crippen MR) is 82.0 cm³/mol. The van der Waals surface area contributed by atoms with Gasteiger partial charge < -0.3 is 9.64 Å².